The molecule has 4 heterocycles. The van der Waals surface area contributed by atoms with E-state index in [1.807, 2.05) is 4.90 Å². The SMILES string of the molecule is O=C(O)CN(C1CCS(=O)(=O)C1)C1CN2CCC1CC2. The zero-order valence-corrected chi connectivity index (χ0v) is 12.4. The molecule has 4 rings (SSSR count). The predicted octanol–water partition coefficient (Wildman–Crippen LogP) is -0.346. The van der Waals surface area contributed by atoms with Crippen LogP contribution in [0.3, 0.4) is 0 Å². The molecule has 4 aliphatic rings. The molecule has 2 bridgehead atoms. The first kappa shape index (κ1) is 14.3. The minimum absolute atomic E-state index is 0.0325. The van der Waals surface area contributed by atoms with Crippen LogP contribution < -0.4 is 0 Å². The smallest absolute Gasteiger partial charge is 0.317 e. The van der Waals surface area contributed by atoms with Crippen molar-refractivity contribution in [1.82, 2.24) is 9.80 Å². The van der Waals surface area contributed by atoms with Crippen molar-refractivity contribution in [3.8, 4) is 0 Å². The van der Waals surface area contributed by atoms with Gasteiger partial charge in [-0.15, -0.1) is 0 Å². The maximum Gasteiger partial charge on any atom is 0.317 e. The fourth-order valence-electron chi connectivity index (χ4n) is 4.02. The van der Waals surface area contributed by atoms with Gasteiger partial charge < -0.3 is 10.0 Å². The number of aliphatic carboxylic acids is 1. The van der Waals surface area contributed by atoms with E-state index in [4.69, 9.17) is 0 Å². The van der Waals surface area contributed by atoms with E-state index in [1.165, 1.54) is 0 Å². The standard InChI is InChI=1S/C13H22N2O4S/c16-13(17)8-15(11-3-6-20(18,19)9-11)12-7-14-4-1-10(12)2-5-14/h10-12H,1-9H2,(H,16,17). The molecule has 2 atom stereocenters. The van der Waals surface area contributed by atoms with Gasteiger partial charge in [-0.05, 0) is 38.3 Å². The maximum absolute atomic E-state index is 11.7. The lowest BCUT2D eigenvalue weighted by Gasteiger charge is -2.50. The molecule has 20 heavy (non-hydrogen) atoms. The third-order valence-corrected chi connectivity index (χ3v) is 6.79. The number of rotatable bonds is 4. The molecule has 1 N–H and O–H groups in total. The van der Waals surface area contributed by atoms with Crippen LogP contribution in [0, 0.1) is 5.92 Å². The summed E-state index contributed by atoms with van der Waals surface area (Å²) in [6, 6.07) is 0.105. The molecule has 0 aliphatic carbocycles. The largest absolute Gasteiger partial charge is 0.480 e. The first-order chi connectivity index (χ1) is 9.44. The normalized spacial score (nSPS) is 39.2. The molecule has 0 aromatic carbocycles. The van der Waals surface area contributed by atoms with Crippen LogP contribution in [0.4, 0.5) is 0 Å². The highest BCUT2D eigenvalue weighted by Crippen LogP contribution is 2.33. The molecule has 4 fully saturated rings. The van der Waals surface area contributed by atoms with Gasteiger partial charge in [-0.1, -0.05) is 0 Å². The number of sulfone groups is 1. The molecule has 2 unspecified atom stereocenters. The Balaban J connectivity index is 1.78. The zero-order chi connectivity index (χ0) is 14.3. The lowest BCUT2D eigenvalue weighted by Crippen LogP contribution is -2.60. The summed E-state index contributed by atoms with van der Waals surface area (Å²) in [6.45, 7) is 3.07. The van der Waals surface area contributed by atoms with Crippen molar-refractivity contribution in [3.05, 3.63) is 0 Å². The Bertz CT molecular complexity index is 485. The number of carboxylic acids is 1. The Morgan fingerprint density at radius 1 is 1.25 bits per heavy atom. The second kappa shape index (κ2) is 5.27. The zero-order valence-electron chi connectivity index (χ0n) is 11.6. The van der Waals surface area contributed by atoms with Crippen molar-refractivity contribution in [2.45, 2.75) is 31.3 Å². The Hall–Kier alpha value is -0.660. The molecule has 0 aromatic rings. The van der Waals surface area contributed by atoms with E-state index in [0.717, 1.165) is 32.5 Å². The Labute approximate surface area is 119 Å². The van der Waals surface area contributed by atoms with Crippen LogP contribution in [0.1, 0.15) is 19.3 Å². The van der Waals surface area contributed by atoms with E-state index in [0.29, 0.717) is 12.3 Å². The number of nitrogens with zero attached hydrogens (tertiary/aromatic N) is 2. The summed E-state index contributed by atoms with van der Waals surface area (Å²) in [5.74, 6) is 0.00618. The van der Waals surface area contributed by atoms with Gasteiger partial charge in [-0.25, -0.2) is 8.42 Å². The van der Waals surface area contributed by atoms with Gasteiger partial charge in [0.15, 0.2) is 9.84 Å². The van der Waals surface area contributed by atoms with Crippen molar-refractivity contribution in [2.24, 2.45) is 5.92 Å². The second-order valence-corrected chi connectivity index (χ2v) is 8.56. The van der Waals surface area contributed by atoms with Crippen molar-refractivity contribution in [3.63, 3.8) is 0 Å². The third-order valence-electron chi connectivity index (χ3n) is 5.04. The van der Waals surface area contributed by atoms with Crippen molar-refractivity contribution >= 4 is 15.8 Å². The number of hydrogen-bond donors (Lipinski definition) is 1. The average Bonchev–Trinajstić information content (AvgIpc) is 2.77. The summed E-state index contributed by atoms with van der Waals surface area (Å²) >= 11 is 0. The fraction of sp³-hybridized carbons (Fsp3) is 0.923. The summed E-state index contributed by atoms with van der Waals surface area (Å²) in [4.78, 5) is 15.5. The Morgan fingerprint density at radius 2 is 1.95 bits per heavy atom. The highest BCUT2D eigenvalue weighted by Gasteiger charge is 2.43. The molecule has 7 heteroatoms. The van der Waals surface area contributed by atoms with Crippen molar-refractivity contribution in [1.29, 1.82) is 0 Å². The molecule has 6 nitrogen and oxygen atoms in total. The van der Waals surface area contributed by atoms with Crippen LogP contribution in [0.25, 0.3) is 0 Å². The van der Waals surface area contributed by atoms with E-state index in [1.54, 1.807) is 0 Å². The molecule has 0 spiro atoms. The molecular weight excluding hydrogens is 280 g/mol. The maximum atomic E-state index is 11.7. The topological polar surface area (TPSA) is 77.9 Å². The van der Waals surface area contributed by atoms with E-state index < -0.39 is 15.8 Å². The number of hydrogen-bond acceptors (Lipinski definition) is 5. The van der Waals surface area contributed by atoms with Gasteiger partial charge in [0.2, 0.25) is 0 Å². The lowest BCUT2D eigenvalue weighted by atomic mass is 9.82. The minimum Gasteiger partial charge on any atom is -0.480 e. The first-order valence-corrected chi connectivity index (χ1v) is 9.17. The van der Waals surface area contributed by atoms with Crippen molar-refractivity contribution < 1.29 is 18.3 Å². The molecule has 4 saturated heterocycles. The molecule has 0 amide bonds. The monoisotopic (exact) mass is 302 g/mol. The van der Waals surface area contributed by atoms with Gasteiger partial charge in [0.05, 0.1) is 18.1 Å². The fourth-order valence-corrected chi connectivity index (χ4v) is 5.76. The van der Waals surface area contributed by atoms with Gasteiger partial charge >= 0.3 is 5.97 Å². The van der Waals surface area contributed by atoms with Crippen LogP contribution in [-0.2, 0) is 14.6 Å². The summed E-state index contributed by atoms with van der Waals surface area (Å²) in [5.41, 5.74) is 0. The van der Waals surface area contributed by atoms with Crippen LogP contribution in [0.15, 0.2) is 0 Å². The van der Waals surface area contributed by atoms with Gasteiger partial charge in [0.25, 0.3) is 0 Å². The van der Waals surface area contributed by atoms with Crippen LogP contribution >= 0.6 is 0 Å². The minimum atomic E-state index is -2.98. The van der Waals surface area contributed by atoms with Gasteiger partial charge in [0, 0.05) is 18.6 Å². The Kier molecular flexibility index (Phi) is 3.77. The Morgan fingerprint density at radius 3 is 2.40 bits per heavy atom. The highest BCUT2D eigenvalue weighted by atomic mass is 32.2. The highest BCUT2D eigenvalue weighted by molar-refractivity contribution is 7.91. The lowest BCUT2D eigenvalue weighted by molar-refractivity contribution is -0.141. The van der Waals surface area contributed by atoms with E-state index in [-0.39, 0.29) is 30.1 Å². The summed E-state index contributed by atoms with van der Waals surface area (Å²) in [5, 5.41) is 9.17. The van der Waals surface area contributed by atoms with Crippen molar-refractivity contribution in [2.75, 3.05) is 37.7 Å². The summed E-state index contributed by atoms with van der Waals surface area (Å²) < 4.78 is 23.4. The number of fused-ring (bicyclic) bond motifs is 3. The molecule has 0 radical (unpaired) electrons. The molecule has 4 aliphatic heterocycles. The molecular formula is C13H22N2O4S. The van der Waals surface area contributed by atoms with Gasteiger partial charge in [-0.2, -0.15) is 0 Å². The van der Waals surface area contributed by atoms with E-state index in [9.17, 15) is 18.3 Å². The summed E-state index contributed by atoms with van der Waals surface area (Å²) in [6.07, 6.45) is 2.80. The molecule has 0 aromatic heterocycles. The predicted molar refractivity (Wildman–Crippen MR) is 74.4 cm³/mol. The molecule has 114 valence electrons. The first-order valence-electron chi connectivity index (χ1n) is 7.35. The third kappa shape index (κ3) is 2.84. The van der Waals surface area contributed by atoms with Crippen LogP contribution in [-0.4, -0.2) is 79.1 Å². The second-order valence-electron chi connectivity index (χ2n) is 6.33. The average molecular weight is 302 g/mol. The number of carbonyl (C=O) groups is 1. The van der Waals surface area contributed by atoms with Gasteiger partial charge in [-0.3, -0.25) is 9.69 Å². The molecule has 0 saturated carbocycles. The van der Waals surface area contributed by atoms with E-state index in [2.05, 4.69) is 4.90 Å². The number of carboxylic acid groups (broad SMARTS) is 1. The quantitative estimate of drug-likeness (QED) is 0.765. The van der Waals surface area contributed by atoms with Crippen LogP contribution in [0.2, 0.25) is 0 Å². The van der Waals surface area contributed by atoms with E-state index >= 15 is 0 Å². The van der Waals surface area contributed by atoms with Gasteiger partial charge in [0.1, 0.15) is 0 Å². The van der Waals surface area contributed by atoms with Crippen LogP contribution in [0.5, 0.6) is 0 Å². The summed E-state index contributed by atoms with van der Waals surface area (Å²) in [7, 11) is -2.98. The number of piperidine rings is 3.